The number of amides is 3. The summed E-state index contributed by atoms with van der Waals surface area (Å²) in [6.45, 7) is 1.65. The van der Waals surface area contributed by atoms with Gasteiger partial charge in [-0.25, -0.2) is 9.97 Å². The van der Waals surface area contributed by atoms with Crippen molar-refractivity contribution in [2.24, 2.45) is 0 Å². The van der Waals surface area contributed by atoms with E-state index in [4.69, 9.17) is 4.74 Å². The van der Waals surface area contributed by atoms with E-state index < -0.39 is 5.91 Å². The van der Waals surface area contributed by atoms with Crippen LogP contribution in [0.3, 0.4) is 0 Å². The van der Waals surface area contributed by atoms with Gasteiger partial charge in [-0.3, -0.25) is 19.2 Å². The molecule has 2 heterocycles. The fourth-order valence-corrected chi connectivity index (χ4v) is 3.29. The highest BCUT2D eigenvalue weighted by Gasteiger charge is 2.16. The van der Waals surface area contributed by atoms with Crippen LogP contribution in [0.25, 0.3) is 0 Å². The van der Waals surface area contributed by atoms with Gasteiger partial charge in [0, 0.05) is 18.2 Å². The second kappa shape index (κ2) is 9.90. The Balaban J connectivity index is 1.34. The number of Topliss-reactive ketones (excluding diaryl/α,β-unsaturated/α-hetero) is 1. The molecule has 0 aliphatic carbocycles. The number of anilines is 2. The summed E-state index contributed by atoms with van der Waals surface area (Å²) in [5, 5.41) is 8.11. The summed E-state index contributed by atoms with van der Waals surface area (Å²) in [6.07, 6.45) is 1.28. The summed E-state index contributed by atoms with van der Waals surface area (Å²) in [5.41, 5.74) is 2.71. The molecule has 3 aromatic rings. The first kappa shape index (κ1) is 22.6. The lowest BCUT2D eigenvalue weighted by molar-refractivity contribution is -0.118. The lowest BCUT2D eigenvalue weighted by atomic mass is 10.1. The van der Waals surface area contributed by atoms with E-state index in [2.05, 4.69) is 25.9 Å². The van der Waals surface area contributed by atoms with Crippen molar-refractivity contribution in [1.29, 1.82) is 0 Å². The van der Waals surface area contributed by atoms with E-state index in [9.17, 15) is 19.2 Å². The van der Waals surface area contributed by atoms with Gasteiger partial charge in [-0.2, -0.15) is 0 Å². The molecule has 34 heavy (non-hydrogen) atoms. The molecule has 0 atom stereocenters. The Labute approximate surface area is 194 Å². The van der Waals surface area contributed by atoms with Crippen molar-refractivity contribution in [2.75, 3.05) is 17.2 Å². The molecular formula is C24H21N5O5. The maximum Gasteiger partial charge on any atom is 0.270 e. The second-order valence-corrected chi connectivity index (χ2v) is 7.62. The number of carbonyl (C=O) groups excluding carboxylic acids is 4. The zero-order valence-electron chi connectivity index (χ0n) is 18.3. The third-order valence-electron chi connectivity index (χ3n) is 5.02. The molecule has 1 aromatic heterocycles. The van der Waals surface area contributed by atoms with Crippen LogP contribution in [0.2, 0.25) is 0 Å². The quantitative estimate of drug-likeness (QED) is 0.460. The van der Waals surface area contributed by atoms with Crippen LogP contribution < -0.4 is 20.7 Å². The van der Waals surface area contributed by atoms with Crippen molar-refractivity contribution in [3.8, 4) is 5.75 Å². The average Bonchev–Trinajstić information content (AvgIpc) is 2.82. The Hall–Kier alpha value is -4.60. The van der Waals surface area contributed by atoms with Gasteiger partial charge < -0.3 is 20.7 Å². The van der Waals surface area contributed by atoms with Gasteiger partial charge in [-0.15, -0.1) is 0 Å². The summed E-state index contributed by atoms with van der Waals surface area (Å²) >= 11 is 0. The zero-order chi connectivity index (χ0) is 24.1. The van der Waals surface area contributed by atoms with Crippen LogP contribution in [0.15, 0.2) is 54.9 Å². The molecule has 3 N–H and O–H groups in total. The topological polar surface area (TPSA) is 139 Å². The molecule has 1 aliphatic heterocycles. The lowest BCUT2D eigenvalue weighted by Gasteiger charge is -2.18. The molecule has 0 fully saturated rings. The van der Waals surface area contributed by atoms with Crippen LogP contribution in [0.4, 0.5) is 11.5 Å². The maximum atomic E-state index is 12.5. The van der Waals surface area contributed by atoms with Gasteiger partial charge in [0.25, 0.3) is 11.8 Å². The van der Waals surface area contributed by atoms with E-state index in [-0.39, 0.29) is 48.7 Å². The van der Waals surface area contributed by atoms with E-state index in [1.165, 1.54) is 19.3 Å². The molecule has 0 bridgehead atoms. The SMILES string of the molecule is CC(=O)c1ccc(CC(=O)Nc2cc(C(=O)NCc3ccc4c(c3)NC(=O)CO4)ncn2)cc1. The molecule has 0 saturated carbocycles. The van der Waals surface area contributed by atoms with Crippen molar-refractivity contribution in [3.63, 3.8) is 0 Å². The number of nitrogens with zero attached hydrogens (tertiary/aromatic N) is 2. The van der Waals surface area contributed by atoms with Crippen molar-refractivity contribution < 1.29 is 23.9 Å². The van der Waals surface area contributed by atoms with Gasteiger partial charge in [0.15, 0.2) is 12.4 Å². The van der Waals surface area contributed by atoms with E-state index >= 15 is 0 Å². The monoisotopic (exact) mass is 459 g/mol. The highest BCUT2D eigenvalue weighted by Crippen LogP contribution is 2.28. The van der Waals surface area contributed by atoms with Crippen LogP contribution in [-0.2, 0) is 22.6 Å². The van der Waals surface area contributed by atoms with Crippen molar-refractivity contribution >= 4 is 35.0 Å². The zero-order valence-corrected chi connectivity index (χ0v) is 18.3. The van der Waals surface area contributed by atoms with Crippen molar-refractivity contribution in [2.45, 2.75) is 19.9 Å². The summed E-state index contributed by atoms with van der Waals surface area (Å²) in [6, 6.07) is 13.4. The molecule has 0 unspecified atom stereocenters. The molecular weight excluding hydrogens is 438 g/mol. The van der Waals surface area contributed by atoms with E-state index in [0.717, 1.165) is 11.1 Å². The number of fused-ring (bicyclic) bond motifs is 1. The minimum absolute atomic E-state index is 0.0260. The number of aromatic nitrogens is 2. The molecule has 0 saturated heterocycles. The van der Waals surface area contributed by atoms with Crippen LogP contribution in [0, 0.1) is 0 Å². The number of ether oxygens (including phenoxy) is 1. The number of rotatable bonds is 7. The Morgan fingerprint density at radius 1 is 1.03 bits per heavy atom. The third kappa shape index (κ3) is 5.60. The van der Waals surface area contributed by atoms with Gasteiger partial charge in [0.1, 0.15) is 23.6 Å². The molecule has 0 radical (unpaired) electrons. The highest BCUT2D eigenvalue weighted by molar-refractivity contribution is 5.97. The highest BCUT2D eigenvalue weighted by atomic mass is 16.5. The Bertz CT molecular complexity index is 1270. The Morgan fingerprint density at radius 2 is 1.79 bits per heavy atom. The predicted molar refractivity (Wildman–Crippen MR) is 123 cm³/mol. The second-order valence-electron chi connectivity index (χ2n) is 7.62. The number of ketones is 1. The maximum absolute atomic E-state index is 12.5. The van der Waals surface area contributed by atoms with Crippen LogP contribution in [0.1, 0.15) is 38.9 Å². The Morgan fingerprint density at radius 3 is 2.56 bits per heavy atom. The molecule has 0 spiro atoms. The third-order valence-corrected chi connectivity index (χ3v) is 5.02. The van der Waals surface area contributed by atoms with Gasteiger partial charge in [-0.05, 0) is 30.2 Å². The fourth-order valence-electron chi connectivity index (χ4n) is 3.29. The van der Waals surface area contributed by atoms with Gasteiger partial charge in [0.05, 0.1) is 12.1 Å². The van der Waals surface area contributed by atoms with Gasteiger partial charge in [0.2, 0.25) is 5.91 Å². The number of nitrogens with one attached hydrogen (secondary N) is 3. The number of hydrogen-bond donors (Lipinski definition) is 3. The van der Waals surface area contributed by atoms with E-state index in [1.54, 1.807) is 42.5 Å². The van der Waals surface area contributed by atoms with Crippen LogP contribution >= 0.6 is 0 Å². The summed E-state index contributed by atoms with van der Waals surface area (Å²) < 4.78 is 5.32. The van der Waals surface area contributed by atoms with Crippen LogP contribution in [-0.4, -0.2) is 40.1 Å². The minimum Gasteiger partial charge on any atom is -0.482 e. The van der Waals surface area contributed by atoms with Crippen LogP contribution in [0.5, 0.6) is 5.75 Å². The number of carbonyl (C=O) groups is 4. The largest absolute Gasteiger partial charge is 0.482 e. The van der Waals surface area contributed by atoms with E-state index in [0.29, 0.717) is 17.0 Å². The average molecular weight is 459 g/mol. The van der Waals surface area contributed by atoms with Crippen molar-refractivity contribution in [3.05, 3.63) is 77.2 Å². The smallest absolute Gasteiger partial charge is 0.270 e. The molecule has 3 amide bonds. The molecule has 10 nitrogen and oxygen atoms in total. The summed E-state index contributed by atoms with van der Waals surface area (Å²) in [5.74, 6) is -0.290. The first-order valence-corrected chi connectivity index (χ1v) is 10.4. The lowest BCUT2D eigenvalue weighted by Crippen LogP contribution is -2.26. The molecule has 2 aromatic carbocycles. The Kier molecular flexibility index (Phi) is 6.58. The molecule has 172 valence electrons. The first-order valence-electron chi connectivity index (χ1n) is 10.4. The minimum atomic E-state index is -0.448. The standard InChI is InChI=1S/C24H21N5O5/c1-14(30)17-5-2-15(3-6-17)9-22(31)29-21-10-19(26-13-27-21)24(33)25-11-16-4-7-20-18(8-16)28-23(32)12-34-20/h2-8,10,13H,9,11-12H2,1H3,(H,25,33)(H,28,32)(H,26,27,29,31). The summed E-state index contributed by atoms with van der Waals surface area (Å²) in [4.78, 5) is 55.7. The fraction of sp³-hybridized carbons (Fsp3) is 0.167. The first-order chi connectivity index (χ1) is 16.4. The normalized spacial score (nSPS) is 12.1. The van der Waals surface area contributed by atoms with E-state index in [1.807, 2.05) is 0 Å². The molecule has 1 aliphatic rings. The predicted octanol–water partition coefficient (Wildman–Crippen LogP) is 2.12. The van der Waals surface area contributed by atoms with Crippen molar-refractivity contribution in [1.82, 2.24) is 15.3 Å². The van der Waals surface area contributed by atoms with Gasteiger partial charge in [-0.1, -0.05) is 30.3 Å². The molecule has 4 rings (SSSR count). The number of benzene rings is 2. The van der Waals surface area contributed by atoms with Gasteiger partial charge >= 0.3 is 0 Å². The molecule has 10 heteroatoms. The number of hydrogen-bond acceptors (Lipinski definition) is 7. The summed E-state index contributed by atoms with van der Waals surface area (Å²) in [7, 11) is 0.